The number of piperazine rings is 1. The molecule has 0 atom stereocenters. The normalized spacial score (nSPS) is 15.4. The molecule has 1 fully saturated rings. The summed E-state index contributed by atoms with van der Waals surface area (Å²) in [5.74, 6) is 0.582. The number of rotatable bonds is 7. The predicted octanol–water partition coefficient (Wildman–Crippen LogP) is 4.12. The lowest BCUT2D eigenvalue weighted by Crippen LogP contribution is -2.47. The first-order valence-electron chi connectivity index (χ1n) is 10.1. The van der Waals surface area contributed by atoms with Crippen molar-refractivity contribution in [2.75, 3.05) is 39.3 Å². The maximum absolute atomic E-state index is 14.0. The van der Waals surface area contributed by atoms with Crippen LogP contribution in [0.1, 0.15) is 11.5 Å². The third-order valence-electron chi connectivity index (χ3n) is 5.31. The Balaban J connectivity index is 1.28. The molecule has 3 aromatic rings. The van der Waals surface area contributed by atoms with Crippen LogP contribution in [0.4, 0.5) is 8.78 Å². The predicted molar refractivity (Wildman–Crippen MR) is 110 cm³/mol. The van der Waals surface area contributed by atoms with Crippen molar-refractivity contribution in [3.8, 4) is 17.2 Å². The summed E-state index contributed by atoms with van der Waals surface area (Å²) in [6, 6.07) is 13.1. The molecule has 0 spiro atoms. The molecule has 0 amide bonds. The van der Waals surface area contributed by atoms with Gasteiger partial charge in [0.05, 0.1) is 11.3 Å². The molecule has 1 aliphatic rings. The summed E-state index contributed by atoms with van der Waals surface area (Å²) >= 11 is 0. The van der Waals surface area contributed by atoms with E-state index in [1.54, 1.807) is 6.92 Å². The lowest BCUT2D eigenvalue weighted by atomic mass is 10.2. The van der Waals surface area contributed by atoms with Crippen LogP contribution in [0.25, 0.3) is 11.5 Å². The zero-order chi connectivity index (χ0) is 20.9. The van der Waals surface area contributed by atoms with Crippen molar-refractivity contribution < 1.29 is 17.9 Å². The fourth-order valence-corrected chi connectivity index (χ4v) is 3.54. The van der Waals surface area contributed by atoms with Gasteiger partial charge < -0.3 is 9.15 Å². The molecule has 7 heteroatoms. The van der Waals surface area contributed by atoms with Crippen molar-refractivity contribution in [1.29, 1.82) is 0 Å². The Morgan fingerprint density at radius 1 is 1.00 bits per heavy atom. The lowest BCUT2D eigenvalue weighted by Gasteiger charge is -2.34. The number of nitrogens with zero attached hydrogens (tertiary/aromatic N) is 3. The quantitative estimate of drug-likeness (QED) is 0.583. The van der Waals surface area contributed by atoms with E-state index in [1.165, 1.54) is 0 Å². The lowest BCUT2D eigenvalue weighted by molar-refractivity contribution is 0.111. The van der Waals surface area contributed by atoms with Crippen molar-refractivity contribution >= 4 is 0 Å². The largest absolute Gasteiger partial charge is 0.492 e. The van der Waals surface area contributed by atoms with Crippen LogP contribution in [0.5, 0.6) is 5.75 Å². The van der Waals surface area contributed by atoms with Gasteiger partial charge in [-0.2, -0.15) is 0 Å². The summed E-state index contributed by atoms with van der Waals surface area (Å²) in [5.41, 5.74) is 0.808. The highest BCUT2D eigenvalue weighted by molar-refractivity contribution is 5.54. The third kappa shape index (κ3) is 5.04. The summed E-state index contributed by atoms with van der Waals surface area (Å²) in [6.07, 6.45) is 0. The summed E-state index contributed by atoms with van der Waals surface area (Å²) in [4.78, 5) is 9.10. The molecule has 4 rings (SSSR count). The number of ether oxygens (including phenoxy) is 1. The minimum Gasteiger partial charge on any atom is -0.492 e. The van der Waals surface area contributed by atoms with Crippen LogP contribution in [0.3, 0.4) is 0 Å². The number of aromatic nitrogens is 1. The smallest absolute Gasteiger partial charge is 0.229 e. The molecular weight excluding hydrogens is 388 g/mol. The van der Waals surface area contributed by atoms with E-state index >= 15 is 0 Å². The molecular formula is C23H25F2N3O2. The first-order chi connectivity index (χ1) is 14.6. The number of hydrogen-bond donors (Lipinski definition) is 0. The molecule has 0 aliphatic carbocycles. The highest BCUT2D eigenvalue weighted by Gasteiger charge is 2.21. The Kier molecular flexibility index (Phi) is 6.40. The van der Waals surface area contributed by atoms with Gasteiger partial charge in [-0.3, -0.25) is 9.80 Å². The number of hydrogen-bond acceptors (Lipinski definition) is 5. The monoisotopic (exact) mass is 413 g/mol. The number of halogens is 2. The fraction of sp³-hybridized carbons (Fsp3) is 0.348. The number of aryl methyl sites for hydroxylation is 1. The first-order valence-corrected chi connectivity index (χ1v) is 10.1. The Morgan fingerprint density at radius 3 is 2.50 bits per heavy atom. The van der Waals surface area contributed by atoms with Gasteiger partial charge in [-0.25, -0.2) is 13.8 Å². The average molecular weight is 413 g/mol. The van der Waals surface area contributed by atoms with E-state index in [-0.39, 0.29) is 11.5 Å². The van der Waals surface area contributed by atoms with Crippen LogP contribution < -0.4 is 4.74 Å². The number of benzene rings is 2. The Labute approximate surface area is 174 Å². The van der Waals surface area contributed by atoms with E-state index in [4.69, 9.17) is 9.15 Å². The van der Waals surface area contributed by atoms with Gasteiger partial charge in [-0.15, -0.1) is 0 Å². The van der Waals surface area contributed by atoms with Crippen molar-refractivity contribution in [2.45, 2.75) is 13.5 Å². The highest BCUT2D eigenvalue weighted by Crippen LogP contribution is 2.26. The second-order valence-corrected chi connectivity index (χ2v) is 7.43. The second-order valence-electron chi connectivity index (χ2n) is 7.43. The van der Waals surface area contributed by atoms with Crippen molar-refractivity contribution in [1.82, 2.24) is 14.8 Å². The molecule has 0 N–H and O–H groups in total. The SMILES string of the molecule is Cc1oc(-c2cc(F)ccc2F)nc1CN1CCN(CCOc2ccccc2)CC1. The van der Waals surface area contributed by atoms with Gasteiger partial charge >= 0.3 is 0 Å². The summed E-state index contributed by atoms with van der Waals surface area (Å²) in [6.45, 7) is 7.67. The Bertz CT molecular complexity index is 970. The van der Waals surface area contributed by atoms with Gasteiger partial charge in [0.2, 0.25) is 5.89 Å². The van der Waals surface area contributed by atoms with Gasteiger partial charge in [-0.05, 0) is 37.3 Å². The average Bonchev–Trinajstić information content (AvgIpc) is 3.12. The summed E-state index contributed by atoms with van der Waals surface area (Å²) in [5, 5.41) is 0. The van der Waals surface area contributed by atoms with Crippen molar-refractivity contribution in [3.63, 3.8) is 0 Å². The molecule has 5 nitrogen and oxygen atoms in total. The molecule has 158 valence electrons. The van der Waals surface area contributed by atoms with Gasteiger partial charge in [0.15, 0.2) is 0 Å². The van der Waals surface area contributed by atoms with Crippen molar-refractivity contribution in [3.05, 3.63) is 71.6 Å². The van der Waals surface area contributed by atoms with E-state index in [9.17, 15) is 8.78 Å². The summed E-state index contributed by atoms with van der Waals surface area (Å²) in [7, 11) is 0. The van der Waals surface area contributed by atoms with Crippen LogP contribution in [-0.2, 0) is 6.54 Å². The van der Waals surface area contributed by atoms with E-state index in [0.717, 1.165) is 62.4 Å². The zero-order valence-electron chi connectivity index (χ0n) is 17.0. The second kappa shape index (κ2) is 9.36. The van der Waals surface area contributed by atoms with Gasteiger partial charge in [0.1, 0.15) is 29.8 Å². The van der Waals surface area contributed by atoms with Crippen LogP contribution in [0, 0.1) is 18.6 Å². The molecule has 1 saturated heterocycles. The maximum atomic E-state index is 14.0. The molecule has 2 heterocycles. The van der Waals surface area contributed by atoms with Crippen LogP contribution in [0.2, 0.25) is 0 Å². The molecule has 0 unspecified atom stereocenters. The van der Waals surface area contributed by atoms with Gasteiger partial charge in [0, 0.05) is 39.3 Å². The van der Waals surface area contributed by atoms with Gasteiger partial charge in [-0.1, -0.05) is 18.2 Å². The summed E-state index contributed by atoms with van der Waals surface area (Å²) < 4.78 is 38.9. The minimum absolute atomic E-state index is 0.0487. The van der Waals surface area contributed by atoms with Crippen LogP contribution in [0.15, 0.2) is 52.9 Å². The van der Waals surface area contributed by atoms with E-state index in [0.29, 0.717) is 18.9 Å². The number of para-hydroxylation sites is 1. The van der Waals surface area contributed by atoms with Crippen molar-refractivity contribution in [2.24, 2.45) is 0 Å². The number of oxazole rings is 1. The third-order valence-corrected chi connectivity index (χ3v) is 5.31. The van der Waals surface area contributed by atoms with Crippen LogP contribution >= 0.6 is 0 Å². The maximum Gasteiger partial charge on any atom is 0.229 e. The zero-order valence-corrected chi connectivity index (χ0v) is 17.0. The fourth-order valence-electron chi connectivity index (χ4n) is 3.54. The van der Waals surface area contributed by atoms with Gasteiger partial charge in [0.25, 0.3) is 0 Å². The molecule has 30 heavy (non-hydrogen) atoms. The molecule has 1 aliphatic heterocycles. The first kappa shape index (κ1) is 20.5. The molecule has 0 saturated carbocycles. The topological polar surface area (TPSA) is 41.7 Å². The molecule has 2 aromatic carbocycles. The molecule has 1 aromatic heterocycles. The van der Waals surface area contributed by atoms with E-state index in [1.807, 2.05) is 30.3 Å². The molecule has 0 bridgehead atoms. The van der Waals surface area contributed by atoms with E-state index < -0.39 is 11.6 Å². The Morgan fingerprint density at radius 2 is 1.73 bits per heavy atom. The van der Waals surface area contributed by atoms with Crippen LogP contribution in [-0.4, -0.2) is 54.1 Å². The van der Waals surface area contributed by atoms with E-state index in [2.05, 4.69) is 14.8 Å². The highest BCUT2D eigenvalue weighted by atomic mass is 19.1. The Hall–Kier alpha value is -2.77. The minimum atomic E-state index is -0.546. The standard InChI is InChI=1S/C23H25F2N3O2/c1-17-22(26-23(30-17)20-15-18(24)7-8-21(20)25)16-28-11-9-27(10-12-28)13-14-29-19-5-3-2-4-6-19/h2-8,15H,9-14,16H2,1H3. The molecule has 0 radical (unpaired) electrons.